The Morgan fingerprint density at radius 2 is 1.69 bits per heavy atom. The molecule has 0 aliphatic carbocycles. The van der Waals surface area contributed by atoms with Crippen LogP contribution in [0.4, 0.5) is 0 Å². The number of rotatable bonds is 7. The normalized spacial score (nSPS) is 15.0. The third-order valence-corrected chi connectivity index (χ3v) is 7.36. The van der Waals surface area contributed by atoms with E-state index >= 15 is 0 Å². The predicted molar refractivity (Wildman–Crippen MR) is 139 cm³/mol. The maximum absolute atomic E-state index is 12.8. The van der Waals surface area contributed by atoms with Crippen LogP contribution in [0.25, 0.3) is 0 Å². The number of nitrogens with one attached hydrogen (secondary N) is 2. The fourth-order valence-corrected chi connectivity index (χ4v) is 5.13. The smallest absolute Gasteiger partial charge is 0.243 e. The summed E-state index contributed by atoms with van der Waals surface area (Å²) in [5.41, 5.74) is 3.17. The molecule has 1 saturated heterocycles. The zero-order valence-electron chi connectivity index (χ0n) is 18.9. The Hall–Kier alpha value is -1.85. The van der Waals surface area contributed by atoms with Crippen LogP contribution in [0.5, 0.6) is 5.75 Å². The highest BCUT2D eigenvalue weighted by Crippen LogP contribution is 2.21. The van der Waals surface area contributed by atoms with Crippen molar-refractivity contribution in [3.05, 3.63) is 59.2 Å². The van der Waals surface area contributed by atoms with Crippen LogP contribution in [0.1, 0.15) is 36.0 Å². The van der Waals surface area contributed by atoms with Gasteiger partial charge in [-0.1, -0.05) is 30.7 Å². The Kier molecular flexibility index (Phi) is 10.2. The van der Waals surface area contributed by atoms with Crippen molar-refractivity contribution in [3.8, 4) is 5.75 Å². The van der Waals surface area contributed by atoms with Crippen molar-refractivity contribution >= 4 is 40.0 Å². The van der Waals surface area contributed by atoms with Crippen molar-refractivity contribution in [1.29, 1.82) is 0 Å². The summed E-state index contributed by atoms with van der Waals surface area (Å²) in [7, 11) is -0.0133. The first-order valence-corrected chi connectivity index (χ1v) is 12.0. The van der Waals surface area contributed by atoms with E-state index in [2.05, 4.69) is 21.7 Å². The van der Waals surface area contributed by atoms with Gasteiger partial charge in [-0.05, 0) is 49.1 Å². The molecular weight excluding hydrogens is 539 g/mol. The van der Waals surface area contributed by atoms with E-state index in [4.69, 9.17) is 4.74 Å². The Bertz CT molecular complexity index is 1000. The van der Waals surface area contributed by atoms with Crippen LogP contribution in [-0.4, -0.2) is 45.9 Å². The molecule has 32 heavy (non-hydrogen) atoms. The number of hydrogen-bond donors (Lipinski definition) is 2. The topological polar surface area (TPSA) is 83.0 Å². The summed E-state index contributed by atoms with van der Waals surface area (Å²) >= 11 is 0. The molecule has 176 valence electrons. The van der Waals surface area contributed by atoms with E-state index in [-0.39, 0.29) is 24.0 Å². The lowest BCUT2D eigenvalue weighted by molar-refractivity contribution is 0.346. The third-order valence-electron chi connectivity index (χ3n) is 5.45. The van der Waals surface area contributed by atoms with Crippen LogP contribution in [0, 0.1) is 6.92 Å². The van der Waals surface area contributed by atoms with E-state index in [9.17, 15) is 8.42 Å². The second-order valence-corrected chi connectivity index (χ2v) is 9.64. The average molecular weight is 573 g/mol. The van der Waals surface area contributed by atoms with Crippen molar-refractivity contribution in [1.82, 2.24) is 14.9 Å². The molecule has 0 atom stereocenters. The standard InChI is InChI=1S/C23H32N4O3S.HI/c1-18-7-10-20(22(15-18)30-3)17-26-23(24-2)25-16-19-8-11-21(12-9-19)31(28,29)27-13-5-4-6-14-27;/h7-12,15H,4-6,13-14,16-17H2,1-3H3,(H2,24,25,26);1H. The van der Waals surface area contributed by atoms with Crippen LogP contribution in [0.3, 0.4) is 0 Å². The lowest BCUT2D eigenvalue weighted by Crippen LogP contribution is -2.36. The highest BCUT2D eigenvalue weighted by Gasteiger charge is 2.25. The maximum atomic E-state index is 12.8. The Morgan fingerprint density at radius 3 is 2.31 bits per heavy atom. The summed E-state index contributed by atoms with van der Waals surface area (Å²) in [5, 5.41) is 6.55. The van der Waals surface area contributed by atoms with Gasteiger partial charge in [0.2, 0.25) is 10.0 Å². The Morgan fingerprint density at radius 1 is 1.03 bits per heavy atom. The van der Waals surface area contributed by atoms with Gasteiger partial charge in [0, 0.05) is 38.8 Å². The molecule has 0 aromatic heterocycles. The van der Waals surface area contributed by atoms with Crippen LogP contribution in [-0.2, 0) is 23.1 Å². The molecule has 0 spiro atoms. The number of sulfonamides is 1. The predicted octanol–water partition coefficient (Wildman–Crippen LogP) is 3.66. The summed E-state index contributed by atoms with van der Waals surface area (Å²) in [5.74, 6) is 1.50. The van der Waals surface area contributed by atoms with Gasteiger partial charge >= 0.3 is 0 Å². The molecule has 1 fully saturated rings. The van der Waals surface area contributed by atoms with Gasteiger partial charge in [-0.2, -0.15) is 4.31 Å². The number of guanidine groups is 1. The average Bonchev–Trinajstić information content (AvgIpc) is 2.80. The van der Waals surface area contributed by atoms with Gasteiger partial charge in [0.1, 0.15) is 5.75 Å². The SMILES string of the molecule is CN=C(NCc1ccc(S(=O)(=O)N2CCCCC2)cc1)NCc1ccc(C)cc1OC.I. The van der Waals surface area contributed by atoms with E-state index in [1.54, 1.807) is 30.6 Å². The lowest BCUT2D eigenvalue weighted by Gasteiger charge is -2.25. The molecule has 1 heterocycles. The molecule has 0 unspecified atom stereocenters. The first-order valence-electron chi connectivity index (χ1n) is 10.6. The van der Waals surface area contributed by atoms with E-state index in [0.717, 1.165) is 41.7 Å². The minimum absolute atomic E-state index is 0. The second-order valence-electron chi connectivity index (χ2n) is 7.70. The first-order chi connectivity index (χ1) is 14.9. The molecule has 0 saturated carbocycles. The summed E-state index contributed by atoms with van der Waals surface area (Å²) in [6.45, 7) is 4.37. The van der Waals surface area contributed by atoms with Gasteiger partial charge < -0.3 is 15.4 Å². The quantitative estimate of drug-likeness (QED) is 0.301. The fraction of sp³-hybridized carbons (Fsp3) is 0.435. The molecule has 0 radical (unpaired) electrons. The summed E-state index contributed by atoms with van der Waals surface area (Å²) in [4.78, 5) is 4.61. The number of halogens is 1. The molecule has 0 bridgehead atoms. The zero-order chi connectivity index (χ0) is 22.3. The molecule has 2 aromatic rings. The molecule has 1 aliphatic heterocycles. The minimum atomic E-state index is -3.40. The van der Waals surface area contributed by atoms with E-state index in [1.165, 1.54) is 0 Å². The summed E-state index contributed by atoms with van der Waals surface area (Å²) in [6, 6.07) is 13.2. The lowest BCUT2D eigenvalue weighted by atomic mass is 10.1. The zero-order valence-corrected chi connectivity index (χ0v) is 22.1. The summed E-state index contributed by atoms with van der Waals surface area (Å²) in [6.07, 6.45) is 2.96. The molecular formula is C23H33IN4O3S. The van der Waals surface area contributed by atoms with E-state index in [0.29, 0.717) is 37.0 Å². The molecule has 0 amide bonds. The molecule has 7 nitrogen and oxygen atoms in total. The van der Waals surface area contributed by atoms with Crippen LogP contribution in [0.15, 0.2) is 52.4 Å². The minimum Gasteiger partial charge on any atom is -0.496 e. The molecule has 2 N–H and O–H groups in total. The van der Waals surface area contributed by atoms with Gasteiger partial charge in [0.25, 0.3) is 0 Å². The molecule has 3 rings (SSSR count). The fourth-order valence-electron chi connectivity index (χ4n) is 3.62. The third kappa shape index (κ3) is 6.82. The van der Waals surface area contributed by atoms with Crippen LogP contribution < -0.4 is 15.4 Å². The highest BCUT2D eigenvalue weighted by molar-refractivity contribution is 14.0. The Balaban J connectivity index is 0.00000363. The second kappa shape index (κ2) is 12.4. The summed E-state index contributed by atoms with van der Waals surface area (Å²) < 4.78 is 32.6. The Labute approximate surface area is 208 Å². The van der Waals surface area contributed by atoms with Crippen molar-refractivity contribution in [2.24, 2.45) is 4.99 Å². The van der Waals surface area contributed by atoms with Crippen LogP contribution >= 0.6 is 24.0 Å². The number of aliphatic imine (C=N–C) groups is 1. The van der Waals surface area contributed by atoms with Gasteiger partial charge in [-0.25, -0.2) is 8.42 Å². The number of methoxy groups -OCH3 is 1. The largest absolute Gasteiger partial charge is 0.496 e. The number of nitrogens with zero attached hydrogens (tertiary/aromatic N) is 2. The van der Waals surface area contributed by atoms with Crippen molar-refractivity contribution in [2.45, 2.75) is 44.2 Å². The molecule has 2 aromatic carbocycles. The van der Waals surface area contributed by atoms with Crippen molar-refractivity contribution in [3.63, 3.8) is 0 Å². The monoisotopic (exact) mass is 572 g/mol. The van der Waals surface area contributed by atoms with Gasteiger partial charge in [-0.3, -0.25) is 4.99 Å². The van der Waals surface area contributed by atoms with E-state index in [1.807, 2.05) is 31.2 Å². The number of benzene rings is 2. The van der Waals surface area contributed by atoms with Crippen molar-refractivity contribution in [2.75, 3.05) is 27.2 Å². The van der Waals surface area contributed by atoms with Gasteiger partial charge in [0.15, 0.2) is 5.96 Å². The van der Waals surface area contributed by atoms with E-state index < -0.39 is 10.0 Å². The number of ether oxygens (including phenoxy) is 1. The van der Waals surface area contributed by atoms with Gasteiger partial charge in [0.05, 0.1) is 12.0 Å². The molecule has 1 aliphatic rings. The number of aryl methyl sites for hydroxylation is 1. The number of piperidine rings is 1. The first kappa shape index (κ1) is 26.4. The number of hydrogen-bond acceptors (Lipinski definition) is 4. The highest BCUT2D eigenvalue weighted by atomic mass is 127. The van der Waals surface area contributed by atoms with Crippen LogP contribution in [0.2, 0.25) is 0 Å². The molecule has 9 heteroatoms. The van der Waals surface area contributed by atoms with Gasteiger partial charge in [-0.15, -0.1) is 24.0 Å². The van der Waals surface area contributed by atoms with Crippen molar-refractivity contribution < 1.29 is 13.2 Å². The maximum Gasteiger partial charge on any atom is 0.243 e.